The second-order valence-corrected chi connectivity index (χ2v) is 5.40. The Morgan fingerprint density at radius 3 is 2.18 bits per heavy atom. The summed E-state index contributed by atoms with van der Waals surface area (Å²) in [5.41, 5.74) is 1.25. The van der Waals surface area contributed by atoms with Gasteiger partial charge in [0.15, 0.2) is 0 Å². The van der Waals surface area contributed by atoms with Crippen molar-refractivity contribution >= 4 is 11.6 Å². The van der Waals surface area contributed by atoms with Crippen LogP contribution >= 0.6 is 11.6 Å². The van der Waals surface area contributed by atoms with Crippen molar-refractivity contribution in [3.8, 4) is 0 Å². The molecule has 1 aromatic rings. The number of hydrogen-bond donors (Lipinski definition) is 0. The molecule has 90 valence electrons. The predicted molar refractivity (Wildman–Crippen MR) is 63.7 cm³/mol. The van der Waals surface area contributed by atoms with Gasteiger partial charge in [0.2, 0.25) is 0 Å². The molecule has 4 aliphatic rings. The molecule has 0 atom stereocenters. The summed E-state index contributed by atoms with van der Waals surface area (Å²) in [5, 5.41) is 0.565. The summed E-state index contributed by atoms with van der Waals surface area (Å²) in [7, 11) is 0. The standard InChI is InChI=1S/C11H14ClN5/c12-10-2-1-9(3-13-10)11-16-5-14-4-15(7-16)8-17(11)6-14/h1-3,11H,4-8H2. The Morgan fingerprint density at radius 2 is 1.65 bits per heavy atom. The number of rotatable bonds is 1. The average molecular weight is 252 g/mol. The van der Waals surface area contributed by atoms with E-state index in [1.54, 1.807) is 0 Å². The van der Waals surface area contributed by atoms with Crippen molar-refractivity contribution in [1.82, 2.24) is 24.6 Å². The van der Waals surface area contributed by atoms with Crippen LogP contribution in [0.1, 0.15) is 11.7 Å². The van der Waals surface area contributed by atoms with Gasteiger partial charge in [-0.1, -0.05) is 17.7 Å². The van der Waals surface area contributed by atoms with E-state index in [-0.39, 0.29) is 0 Å². The molecule has 0 aliphatic carbocycles. The lowest BCUT2D eigenvalue weighted by molar-refractivity contribution is -0.233. The van der Waals surface area contributed by atoms with E-state index in [9.17, 15) is 0 Å². The van der Waals surface area contributed by atoms with Gasteiger partial charge < -0.3 is 0 Å². The molecule has 4 aliphatic heterocycles. The van der Waals surface area contributed by atoms with Gasteiger partial charge in [-0.05, 0) is 6.07 Å². The highest BCUT2D eigenvalue weighted by Crippen LogP contribution is 2.35. The van der Waals surface area contributed by atoms with Crippen LogP contribution < -0.4 is 0 Å². The molecule has 6 heteroatoms. The van der Waals surface area contributed by atoms with E-state index in [2.05, 4.69) is 30.6 Å². The Kier molecular flexibility index (Phi) is 2.19. The van der Waals surface area contributed by atoms with Crippen molar-refractivity contribution in [3.05, 3.63) is 29.0 Å². The van der Waals surface area contributed by atoms with Crippen LogP contribution in [-0.2, 0) is 0 Å². The fourth-order valence-electron chi connectivity index (χ4n) is 3.17. The Labute approximate surface area is 105 Å². The van der Waals surface area contributed by atoms with Crippen LogP contribution in [0.3, 0.4) is 0 Å². The van der Waals surface area contributed by atoms with E-state index in [0.717, 1.165) is 33.3 Å². The Morgan fingerprint density at radius 1 is 1.00 bits per heavy atom. The van der Waals surface area contributed by atoms with Crippen LogP contribution in [0.25, 0.3) is 0 Å². The Hall–Kier alpha value is -0.720. The lowest BCUT2D eigenvalue weighted by Crippen LogP contribution is -2.72. The zero-order valence-electron chi connectivity index (χ0n) is 9.46. The highest BCUT2D eigenvalue weighted by Gasteiger charge is 2.44. The summed E-state index contributed by atoms with van der Waals surface area (Å²) in [6, 6.07) is 3.97. The molecule has 4 fully saturated rings. The molecule has 1 aromatic heterocycles. The highest BCUT2D eigenvalue weighted by molar-refractivity contribution is 6.29. The summed E-state index contributed by atoms with van der Waals surface area (Å²) in [6.07, 6.45) is 2.27. The maximum absolute atomic E-state index is 5.85. The normalized spacial score (nSPS) is 43.0. The lowest BCUT2D eigenvalue weighted by Gasteiger charge is -2.60. The lowest BCUT2D eigenvalue weighted by atomic mass is 10.1. The smallest absolute Gasteiger partial charge is 0.129 e. The SMILES string of the molecule is Clc1ccc(C2N3CN4CN(C3)CN2C4)cn1. The maximum atomic E-state index is 5.85. The van der Waals surface area contributed by atoms with Crippen LogP contribution in [0, 0.1) is 0 Å². The molecule has 0 N–H and O–H groups in total. The first-order valence-corrected chi connectivity index (χ1v) is 6.22. The fourth-order valence-corrected chi connectivity index (χ4v) is 3.28. The summed E-state index contributed by atoms with van der Waals surface area (Å²) < 4.78 is 0. The van der Waals surface area contributed by atoms with Crippen LogP contribution in [0.15, 0.2) is 18.3 Å². The summed E-state index contributed by atoms with van der Waals surface area (Å²) >= 11 is 5.85. The van der Waals surface area contributed by atoms with E-state index in [0.29, 0.717) is 11.3 Å². The van der Waals surface area contributed by atoms with Gasteiger partial charge in [0.25, 0.3) is 0 Å². The first-order valence-electron chi connectivity index (χ1n) is 5.84. The quantitative estimate of drug-likeness (QED) is 0.687. The van der Waals surface area contributed by atoms with Crippen molar-refractivity contribution in [2.45, 2.75) is 6.17 Å². The van der Waals surface area contributed by atoms with E-state index < -0.39 is 0 Å². The number of halogens is 1. The molecule has 17 heavy (non-hydrogen) atoms. The van der Waals surface area contributed by atoms with Gasteiger partial charge in [0.1, 0.15) is 5.15 Å². The molecule has 4 bridgehead atoms. The summed E-state index contributed by atoms with van der Waals surface area (Å²) in [6.45, 7) is 5.33. The molecule has 4 saturated heterocycles. The van der Waals surface area contributed by atoms with Crippen molar-refractivity contribution in [3.63, 3.8) is 0 Å². The van der Waals surface area contributed by atoms with Crippen LogP contribution in [-0.4, -0.2) is 57.9 Å². The van der Waals surface area contributed by atoms with Crippen molar-refractivity contribution < 1.29 is 0 Å². The summed E-state index contributed by atoms with van der Waals surface area (Å²) in [5.74, 6) is 0. The number of hydrogen-bond acceptors (Lipinski definition) is 5. The second-order valence-electron chi connectivity index (χ2n) is 5.01. The van der Waals surface area contributed by atoms with Crippen molar-refractivity contribution in [2.75, 3.05) is 33.3 Å². The topological polar surface area (TPSA) is 25.9 Å². The predicted octanol–water partition coefficient (Wildman–Crippen LogP) is 0.770. The monoisotopic (exact) mass is 251 g/mol. The first-order chi connectivity index (χ1) is 8.29. The molecule has 0 amide bonds. The molecule has 0 saturated carbocycles. The molecule has 5 rings (SSSR count). The second kappa shape index (κ2) is 3.63. The van der Waals surface area contributed by atoms with Gasteiger partial charge in [-0.3, -0.25) is 19.6 Å². The van der Waals surface area contributed by atoms with Gasteiger partial charge in [-0.2, -0.15) is 0 Å². The minimum Gasteiger partial charge on any atom is -0.264 e. The van der Waals surface area contributed by atoms with E-state index >= 15 is 0 Å². The van der Waals surface area contributed by atoms with Gasteiger partial charge in [-0.15, -0.1) is 0 Å². The molecule has 0 radical (unpaired) electrons. The van der Waals surface area contributed by atoms with Gasteiger partial charge >= 0.3 is 0 Å². The Bertz CT molecular complexity index is 406. The van der Waals surface area contributed by atoms with Gasteiger partial charge in [-0.25, -0.2) is 4.98 Å². The van der Waals surface area contributed by atoms with E-state index in [1.165, 1.54) is 5.56 Å². The zero-order valence-corrected chi connectivity index (χ0v) is 10.2. The highest BCUT2D eigenvalue weighted by atomic mass is 35.5. The zero-order chi connectivity index (χ0) is 11.4. The van der Waals surface area contributed by atoms with Crippen molar-refractivity contribution in [1.29, 1.82) is 0 Å². The van der Waals surface area contributed by atoms with Crippen LogP contribution in [0.5, 0.6) is 0 Å². The maximum Gasteiger partial charge on any atom is 0.129 e. The van der Waals surface area contributed by atoms with Gasteiger partial charge in [0.05, 0.1) is 39.5 Å². The third kappa shape index (κ3) is 1.58. The van der Waals surface area contributed by atoms with Gasteiger partial charge in [0, 0.05) is 11.8 Å². The van der Waals surface area contributed by atoms with Crippen molar-refractivity contribution in [2.24, 2.45) is 0 Å². The largest absolute Gasteiger partial charge is 0.264 e. The number of aromatic nitrogens is 1. The third-order valence-corrected chi connectivity index (χ3v) is 3.89. The summed E-state index contributed by atoms with van der Waals surface area (Å²) in [4.78, 5) is 14.0. The molecular weight excluding hydrogens is 238 g/mol. The molecule has 5 heterocycles. The average Bonchev–Trinajstić information content (AvgIpc) is 2.30. The number of nitrogens with zero attached hydrogens (tertiary/aromatic N) is 5. The molecule has 0 aromatic carbocycles. The molecular formula is C11H14ClN5. The van der Waals surface area contributed by atoms with Crippen LogP contribution in [0.4, 0.5) is 0 Å². The minimum atomic E-state index is 0.368. The van der Waals surface area contributed by atoms with E-state index in [1.807, 2.05) is 12.3 Å². The Balaban J connectivity index is 1.68. The van der Waals surface area contributed by atoms with E-state index in [4.69, 9.17) is 11.6 Å². The third-order valence-electron chi connectivity index (χ3n) is 3.67. The molecule has 5 nitrogen and oxygen atoms in total. The minimum absolute atomic E-state index is 0.368. The molecule has 0 unspecified atom stereocenters. The fraction of sp³-hybridized carbons (Fsp3) is 0.545. The molecule has 0 spiro atoms. The first kappa shape index (κ1) is 10.2. The number of pyridine rings is 1. The van der Waals surface area contributed by atoms with Crippen LogP contribution in [0.2, 0.25) is 5.15 Å².